The third-order valence-electron chi connectivity index (χ3n) is 3.14. The number of hydrogen-bond acceptors (Lipinski definition) is 6. The lowest BCUT2D eigenvalue weighted by Crippen LogP contribution is -2.35. The number of ether oxygens (including phenoxy) is 2. The van der Waals surface area contributed by atoms with E-state index in [0.717, 1.165) is 28.7 Å². The van der Waals surface area contributed by atoms with E-state index in [2.05, 4.69) is 23.7 Å². The zero-order chi connectivity index (χ0) is 14.3. The molecule has 0 aliphatic heterocycles. The summed E-state index contributed by atoms with van der Waals surface area (Å²) in [7, 11) is 3.40. The van der Waals surface area contributed by atoms with Gasteiger partial charge in [-0.25, -0.2) is 4.98 Å². The molecule has 0 fully saturated rings. The van der Waals surface area contributed by atoms with Gasteiger partial charge in [0.05, 0.1) is 18.9 Å². The summed E-state index contributed by atoms with van der Waals surface area (Å²) in [5.41, 5.74) is 6.73. The number of methoxy groups -OCH3 is 2. The third kappa shape index (κ3) is 4.42. The van der Waals surface area contributed by atoms with Crippen LogP contribution in [-0.4, -0.2) is 38.4 Å². The lowest BCUT2D eigenvalue weighted by molar-refractivity contribution is 0.181. The Balaban J connectivity index is 2.94. The molecule has 5 nitrogen and oxygen atoms in total. The van der Waals surface area contributed by atoms with Crippen LogP contribution in [0.3, 0.4) is 0 Å². The van der Waals surface area contributed by atoms with Gasteiger partial charge in [0, 0.05) is 38.2 Å². The average Bonchev–Trinajstić information content (AvgIpc) is 2.82. The minimum Gasteiger partial charge on any atom is -0.383 e. The van der Waals surface area contributed by atoms with Gasteiger partial charge < -0.3 is 20.1 Å². The van der Waals surface area contributed by atoms with E-state index >= 15 is 0 Å². The Kier molecular flexibility index (Phi) is 7.30. The summed E-state index contributed by atoms with van der Waals surface area (Å²) in [6, 6.07) is 0.433. The Morgan fingerprint density at radius 1 is 1.37 bits per heavy atom. The summed E-state index contributed by atoms with van der Waals surface area (Å²) in [5.74, 6) is 0. The quantitative estimate of drug-likeness (QED) is 0.753. The van der Waals surface area contributed by atoms with Crippen LogP contribution in [0.5, 0.6) is 0 Å². The SMILES string of the molecule is CCC(C)N(CCOC)c1nc(COC)c(CN)s1. The number of aromatic nitrogens is 1. The molecular formula is C13H25N3O2S. The van der Waals surface area contributed by atoms with E-state index in [-0.39, 0.29) is 0 Å². The summed E-state index contributed by atoms with van der Waals surface area (Å²) >= 11 is 1.66. The first kappa shape index (κ1) is 16.4. The topological polar surface area (TPSA) is 60.6 Å². The highest BCUT2D eigenvalue weighted by Crippen LogP contribution is 2.28. The van der Waals surface area contributed by atoms with Crippen molar-refractivity contribution in [3.63, 3.8) is 0 Å². The van der Waals surface area contributed by atoms with Crippen molar-refractivity contribution >= 4 is 16.5 Å². The van der Waals surface area contributed by atoms with Gasteiger partial charge in [0.1, 0.15) is 0 Å². The number of nitrogens with two attached hydrogens (primary N) is 1. The Bertz CT molecular complexity index is 371. The molecule has 19 heavy (non-hydrogen) atoms. The number of anilines is 1. The van der Waals surface area contributed by atoms with Crippen molar-refractivity contribution in [2.24, 2.45) is 5.73 Å². The molecule has 0 saturated heterocycles. The van der Waals surface area contributed by atoms with E-state index in [1.165, 1.54) is 0 Å². The summed E-state index contributed by atoms with van der Waals surface area (Å²) < 4.78 is 10.4. The van der Waals surface area contributed by atoms with Gasteiger partial charge in [0.2, 0.25) is 0 Å². The Hall–Kier alpha value is -0.690. The van der Waals surface area contributed by atoms with Crippen molar-refractivity contribution in [3.8, 4) is 0 Å². The molecule has 1 heterocycles. The zero-order valence-electron chi connectivity index (χ0n) is 12.3. The highest BCUT2D eigenvalue weighted by Gasteiger charge is 2.19. The van der Waals surface area contributed by atoms with Crippen LogP contribution in [0.4, 0.5) is 5.13 Å². The van der Waals surface area contributed by atoms with Gasteiger partial charge in [-0.1, -0.05) is 6.92 Å². The molecule has 1 atom stereocenters. The second-order valence-electron chi connectivity index (χ2n) is 4.45. The van der Waals surface area contributed by atoms with Crippen LogP contribution in [-0.2, 0) is 22.6 Å². The number of hydrogen-bond donors (Lipinski definition) is 1. The van der Waals surface area contributed by atoms with Gasteiger partial charge >= 0.3 is 0 Å². The standard InChI is InChI=1S/C13H25N3O2S/c1-5-10(2)16(6-7-17-3)13-15-11(9-18-4)12(8-14)19-13/h10H,5-9,14H2,1-4H3. The number of rotatable bonds is 9. The van der Waals surface area contributed by atoms with Gasteiger partial charge in [0.15, 0.2) is 5.13 Å². The van der Waals surface area contributed by atoms with Crippen LogP contribution >= 0.6 is 11.3 Å². The van der Waals surface area contributed by atoms with E-state index < -0.39 is 0 Å². The fourth-order valence-electron chi connectivity index (χ4n) is 1.82. The van der Waals surface area contributed by atoms with Gasteiger partial charge in [-0.3, -0.25) is 0 Å². The fourth-order valence-corrected chi connectivity index (χ4v) is 2.89. The molecule has 0 radical (unpaired) electrons. The molecule has 0 amide bonds. The van der Waals surface area contributed by atoms with Crippen LogP contribution in [0.2, 0.25) is 0 Å². The van der Waals surface area contributed by atoms with Crippen molar-refractivity contribution in [1.29, 1.82) is 0 Å². The van der Waals surface area contributed by atoms with Crippen molar-refractivity contribution in [2.45, 2.75) is 39.5 Å². The number of thiazole rings is 1. The highest BCUT2D eigenvalue weighted by molar-refractivity contribution is 7.15. The van der Waals surface area contributed by atoms with Gasteiger partial charge in [-0.2, -0.15) is 0 Å². The first-order valence-electron chi connectivity index (χ1n) is 6.61. The minimum absolute atomic E-state index is 0.433. The molecule has 0 aliphatic rings. The second kappa shape index (κ2) is 8.47. The minimum atomic E-state index is 0.433. The molecule has 1 rings (SSSR count). The Morgan fingerprint density at radius 2 is 2.11 bits per heavy atom. The molecule has 110 valence electrons. The Labute approximate surface area is 119 Å². The fraction of sp³-hybridized carbons (Fsp3) is 0.769. The summed E-state index contributed by atoms with van der Waals surface area (Å²) in [5, 5.41) is 1.01. The van der Waals surface area contributed by atoms with Crippen LogP contribution in [0.1, 0.15) is 30.8 Å². The van der Waals surface area contributed by atoms with Crippen LogP contribution in [0.25, 0.3) is 0 Å². The Morgan fingerprint density at radius 3 is 2.63 bits per heavy atom. The summed E-state index contributed by atoms with van der Waals surface area (Å²) in [4.78, 5) is 8.06. The zero-order valence-corrected chi connectivity index (χ0v) is 13.1. The van der Waals surface area contributed by atoms with Crippen LogP contribution < -0.4 is 10.6 Å². The van der Waals surface area contributed by atoms with Crippen LogP contribution in [0, 0.1) is 0 Å². The largest absolute Gasteiger partial charge is 0.383 e. The first-order chi connectivity index (χ1) is 9.17. The van der Waals surface area contributed by atoms with E-state index in [4.69, 9.17) is 15.2 Å². The van der Waals surface area contributed by atoms with Gasteiger partial charge in [-0.05, 0) is 13.3 Å². The van der Waals surface area contributed by atoms with Crippen molar-refractivity contribution in [3.05, 3.63) is 10.6 Å². The maximum atomic E-state index is 5.77. The molecule has 0 spiro atoms. The summed E-state index contributed by atoms with van der Waals surface area (Å²) in [6.45, 7) is 6.95. The highest BCUT2D eigenvalue weighted by atomic mass is 32.1. The predicted molar refractivity (Wildman–Crippen MR) is 79.7 cm³/mol. The maximum Gasteiger partial charge on any atom is 0.186 e. The lowest BCUT2D eigenvalue weighted by Gasteiger charge is -2.27. The number of nitrogens with zero attached hydrogens (tertiary/aromatic N) is 2. The van der Waals surface area contributed by atoms with E-state index in [0.29, 0.717) is 25.8 Å². The van der Waals surface area contributed by atoms with Crippen molar-refractivity contribution < 1.29 is 9.47 Å². The van der Waals surface area contributed by atoms with Gasteiger partial charge in [-0.15, -0.1) is 11.3 Å². The molecule has 0 aromatic carbocycles. The molecule has 0 bridgehead atoms. The average molecular weight is 287 g/mol. The smallest absolute Gasteiger partial charge is 0.186 e. The van der Waals surface area contributed by atoms with Crippen LogP contribution in [0.15, 0.2) is 0 Å². The van der Waals surface area contributed by atoms with E-state index in [1.54, 1.807) is 25.6 Å². The van der Waals surface area contributed by atoms with Gasteiger partial charge in [0.25, 0.3) is 0 Å². The molecule has 1 unspecified atom stereocenters. The normalized spacial score (nSPS) is 12.7. The molecule has 0 saturated carbocycles. The molecule has 1 aromatic rings. The molecule has 6 heteroatoms. The van der Waals surface area contributed by atoms with E-state index in [9.17, 15) is 0 Å². The first-order valence-corrected chi connectivity index (χ1v) is 7.42. The van der Waals surface area contributed by atoms with E-state index in [1.807, 2.05) is 0 Å². The monoisotopic (exact) mass is 287 g/mol. The third-order valence-corrected chi connectivity index (χ3v) is 4.30. The maximum absolute atomic E-state index is 5.77. The molecule has 1 aromatic heterocycles. The molecule has 0 aliphatic carbocycles. The molecule has 2 N–H and O–H groups in total. The predicted octanol–water partition coefficient (Wildman–Crippen LogP) is 2.00. The van der Waals surface area contributed by atoms with Crippen molar-refractivity contribution in [1.82, 2.24) is 4.98 Å². The summed E-state index contributed by atoms with van der Waals surface area (Å²) in [6.07, 6.45) is 1.07. The second-order valence-corrected chi connectivity index (χ2v) is 5.51. The molecular weight excluding hydrogens is 262 g/mol. The lowest BCUT2D eigenvalue weighted by atomic mass is 10.2. The van der Waals surface area contributed by atoms with Crippen molar-refractivity contribution in [2.75, 3.05) is 32.3 Å².